The van der Waals surface area contributed by atoms with Gasteiger partial charge in [0, 0.05) is 5.69 Å². The number of thiazole rings is 1. The molecule has 16 heavy (non-hydrogen) atoms. The number of hydrogen-bond donors (Lipinski definition) is 0. The molecule has 3 nitrogen and oxygen atoms in total. The Morgan fingerprint density at radius 1 is 1.38 bits per heavy atom. The van der Waals surface area contributed by atoms with Crippen LogP contribution in [-0.4, -0.2) is 17.7 Å². The summed E-state index contributed by atoms with van der Waals surface area (Å²) < 4.78 is 12.9. The van der Waals surface area contributed by atoms with Gasteiger partial charge in [-0.25, -0.2) is 4.39 Å². The van der Waals surface area contributed by atoms with Crippen LogP contribution in [0.2, 0.25) is 0 Å². The molecule has 1 amide bonds. The van der Waals surface area contributed by atoms with Crippen LogP contribution in [0, 0.1) is 0 Å². The van der Waals surface area contributed by atoms with E-state index in [1.807, 2.05) is 6.07 Å². The Labute approximate surface area is 96.2 Å². The van der Waals surface area contributed by atoms with E-state index in [4.69, 9.17) is 0 Å². The van der Waals surface area contributed by atoms with Gasteiger partial charge in [-0.05, 0) is 12.1 Å². The van der Waals surface area contributed by atoms with Crippen molar-refractivity contribution in [3.63, 3.8) is 0 Å². The summed E-state index contributed by atoms with van der Waals surface area (Å²) >= 11 is 1.20. The second-order valence-corrected chi connectivity index (χ2v) is 3.94. The van der Waals surface area contributed by atoms with Crippen molar-refractivity contribution in [1.82, 2.24) is 4.98 Å². The first-order valence-electron chi connectivity index (χ1n) is 4.64. The number of anilines is 1. The molecule has 0 N–H and O–H groups in total. The van der Waals surface area contributed by atoms with Crippen LogP contribution in [0.15, 0.2) is 42.0 Å². The second-order valence-electron chi connectivity index (χ2n) is 3.05. The molecule has 0 aliphatic carbocycles. The van der Waals surface area contributed by atoms with E-state index in [9.17, 15) is 9.18 Å². The van der Waals surface area contributed by atoms with Gasteiger partial charge in [0.25, 0.3) is 5.91 Å². The minimum absolute atomic E-state index is 0.365. The second kappa shape index (κ2) is 4.85. The van der Waals surface area contributed by atoms with E-state index in [2.05, 4.69) is 4.98 Å². The number of aromatic nitrogens is 1. The number of hydrogen-bond acceptors (Lipinski definition) is 3. The predicted molar refractivity (Wildman–Crippen MR) is 61.3 cm³/mol. The first kappa shape index (κ1) is 10.8. The molecule has 2 rings (SSSR count). The lowest BCUT2D eigenvalue weighted by atomic mass is 10.3. The normalized spacial score (nSPS) is 10.1. The van der Waals surface area contributed by atoms with Crippen molar-refractivity contribution in [2.45, 2.75) is 0 Å². The molecule has 0 saturated heterocycles. The zero-order valence-corrected chi connectivity index (χ0v) is 9.15. The quantitative estimate of drug-likeness (QED) is 0.768. The van der Waals surface area contributed by atoms with Crippen molar-refractivity contribution in [3.8, 4) is 0 Å². The summed E-state index contributed by atoms with van der Waals surface area (Å²) in [6, 6.07) is 8.73. The van der Waals surface area contributed by atoms with Gasteiger partial charge < -0.3 is 0 Å². The number of nitrogens with zero attached hydrogens (tertiary/aromatic N) is 2. The van der Waals surface area contributed by atoms with Gasteiger partial charge in [-0.2, -0.15) is 0 Å². The first-order chi connectivity index (χ1) is 7.83. The maximum absolute atomic E-state index is 12.9. The molecule has 0 aliphatic rings. The molecule has 0 aliphatic heterocycles. The molecule has 1 aromatic carbocycles. The zero-order valence-electron chi connectivity index (χ0n) is 8.34. The fourth-order valence-corrected chi connectivity index (χ4v) is 1.87. The van der Waals surface area contributed by atoms with Crippen molar-refractivity contribution >= 4 is 22.9 Å². The average molecular weight is 236 g/mol. The van der Waals surface area contributed by atoms with Gasteiger partial charge in [-0.3, -0.25) is 14.7 Å². The van der Waals surface area contributed by atoms with E-state index in [0.29, 0.717) is 10.6 Å². The number of carbonyl (C=O) groups excluding carboxylic acids is 1. The fraction of sp³-hybridized carbons (Fsp3) is 0.0909. The van der Waals surface area contributed by atoms with Crippen molar-refractivity contribution in [2.75, 3.05) is 11.7 Å². The SMILES string of the molecule is O=C(c1cncs1)N(CF)c1ccccc1. The largest absolute Gasteiger partial charge is 0.279 e. The van der Waals surface area contributed by atoms with E-state index in [0.717, 1.165) is 4.90 Å². The summed E-state index contributed by atoms with van der Waals surface area (Å²) in [6.45, 7) is -0.846. The van der Waals surface area contributed by atoms with Gasteiger partial charge in [0.05, 0.1) is 11.7 Å². The molecule has 0 spiro atoms. The molecule has 0 bridgehead atoms. The van der Waals surface area contributed by atoms with Crippen LogP contribution in [-0.2, 0) is 0 Å². The fourth-order valence-electron chi connectivity index (χ4n) is 1.30. The van der Waals surface area contributed by atoms with Crippen molar-refractivity contribution < 1.29 is 9.18 Å². The number of carbonyl (C=O) groups is 1. The van der Waals surface area contributed by atoms with Crippen LogP contribution in [0.25, 0.3) is 0 Å². The van der Waals surface area contributed by atoms with Gasteiger partial charge in [0.15, 0.2) is 6.80 Å². The Kier molecular flexibility index (Phi) is 3.26. The Morgan fingerprint density at radius 3 is 2.69 bits per heavy atom. The van der Waals surface area contributed by atoms with Crippen LogP contribution >= 0.6 is 11.3 Å². The minimum Gasteiger partial charge on any atom is -0.279 e. The van der Waals surface area contributed by atoms with Crippen LogP contribution in [0.1, 0.15) is 9.67 Å². The number of para-hydroxylation sites is 1. The molecule has 0 fully saturated rings. The molecule has 0 radical (unpaired) electrons. The lowest BCUT2D eigenvalue weighted by molar-refractivity contribution is 0.0980. The third kappa shape index (κ3) is 2.09. The van der Waals surface area contributed by atoms with Crippen LogP contribution < -0.4 is 4.90 Å². The summed E-state index contributed by atoms with van der Waals surface area (Å²) in [6.07, 6.45) is 1.44. The highest BCUT2D eigenvalue weighted by Gasteiger charge is 2.18. The number of halogens is 1. The van der Waals surface area contributed by atoms with Gasteiger partial charge >= 0.3 is 0 Å². The van der Waals surface area contributed by atoms with Gasteiger partial charge in [-0.1, -0.05) is 18.2 Å². The monoisotopic (exact) mass is 236 g/mol. The van der Waals surface area contributed by atoms with Crippen LogP contribution in [0.4, 0.5) is 10.1 Å². The molecular formula is C11H9FN2OS. The van der Waals surface area contributed by atoms with E-state index in [1.54, 1.807) is 29.8 Å². The van der Waals surface area contributed by atoms with E-state index in [1.165, 1.54) is 17.5 Å². The smallest absolute Gasteiger partial charge is 0.272 e. The average Bonchev–Trinajstić information content (AvgIpc) is 2.85. The Morgan fingerprint density at radius 2 is 2.12 bits per heavy atom. The lowest BCUT2D eigenvalue weighted by Crippen LogP contribution is -2.29. The third-order valence-electron chi connectivity index (χ3n) is 2.08. The Bertz CT molecular complexity index is 458. The maximum atomic E-state index is 12.9. The zero-order chi connectivity index (χ0) is 11.4. The Hall–Kier alpha value is -1.75. The number of alkyl halides is 1. The molecule has 1 heterocycles. The van der Waals surface area contributed by atoms with E-state index < -0.39 is 6.80 Å². The van der Waals surface area contributed by atoms with Gasteiger partial charge in [0.2, 0.25) is 0 Å². The molecule has 1 aromatic heterocycles. The summed E-state index contributed by atoms with van der Waals surface area (Å²) in [7, 11) is 0. The van der Waals surface area contributed by atoms with Crippen molar-refractivity contribution in [2.24, 2.45) is 0 Å². The lowest BCUT2D eigenvalue weighted by Gasteiger charge is -2.17. The van der Waals surface area contributed by atoms with Crippen molar-refractivity contribution in [1.29, 1.82) is 0 Å². The number of benzene rings is 1. The van der Waals surface area contributed by atoms with Gasteiger partial charge in [-0.15, -0.1) is 11.3 Å². The van der Waals surface area contributed by atoms with Crippen molar-refractivity contribution in [3.05, 3.63) is 46.9 Å². The molecule has 5 heteroatoms. The van der Waals surface area contributed by atoms with Crippen LogP contribution in [0.3, 0.4) is 0 Å². The van der Waals surface area contributed by atoms with Gasteiger partial charge in [0.1, 0.15) is 4.88 Å². The first-order valence-corrected chi connectivity index (χ1v) is 5.52. The molecule has 2 aromatic rings. The molecule has 0 unspecified atom stereocenters. The highest BCUT2D eigenvalue weighted by atomic mass is 32.1. The summed E-state index contributed by atoms with van der Waals surface area (Å²) in [5.41, 5.74) is 2.10. The highest BCUT2D eigenvalue weighted by molar-refractivity contribution is 7.11. The van der Waals surface area contributed by atoms with E-state index >= 15 is 0 Å². The summed E-state index contributed by atoms with van der Waals surface area (Å²) in [5, 5.41) is 0. The number of amides is 1. The predicted octanol–water partition coefficient (Wildman–Crippen LogP) is 2.72. The Balaban J connectivity index is 2.27. The molecule has 82 valence electrons. The molecular weight excluding hydrogens is 227 g/mol. The summed E-state index contributed by atoms with van der Waals surface area (Å²) in [4.78, 5) is 17.2. The topological polar surface area (TPSA) is 33.2 Å². The third-order valence-corrected chi connectivity index (χ3v) is 2.84. The molecule has 0 atom stereocenters. The molecule has 0 saturated carbocycles. The maximum Gasteiger partial charge on any atom is 0.272 e. The highest BCUT2D eigenvalue weighted by Crippen LogP contribution is 2.18. The summed E-state index contributed by atoms with van der Waals surface area (Å²) in [5.74, 6) is -0.365. The van der Waals surface area contributed by atoms with E-state index in [-0.39, 0.29) is 5.91 Å². The standard InChI is InChI=1S/C11H9FN2OS/c12-7-14(9-4-2-1-3-5-9)11(15)10-6-13-8-16-10/h1-6,8H,7H2. The number of rotatable bonds is 3. The van der Waals surface area contributed by atoms with Crippen LogP contribution in [0.5, 0.6) is 0 Å². The minimum atomic E-state index is -0.846.